The first-order valence-electron chi connectivity index (χ1n) is 9.31. The minimum atomic E-state index is -4.61. The van der Waals surface area contributed by atoms with Crippen LogP contribution < -0.4 is 4.74 Å². The van der Waals surface area contributed by atoms with Crippen LogP contribution >= 0.6 is 0 Å². The minimum Gasteiger partial charge on any atom is -0.406 e. The molecule has 1 aliphatic heterocycles. The van der Waals surface area contributed by atoms with E-state index in [0.29, 0.717) is 0 Å². The smallest absolute Gasteiger partial charge is 0.406 e. The van der Waals surface area contributed by atoms with Crippen molar-refractivity contribution in [2.75, 3.05) is 0 Å². The lowest BCUT2D eigenvalue weighted by atomic mass is 9.94. The van der Waals surface area contributed by atoms with Crippen molar-refractivity contribution >= 4 is 8.80 Å². The highest BCUT2D eigenvalue weighted by atomic mass is 28.3. The summed E-state index contributed by atoms with van der Waals surface area (Å²) in [6.45, 7) is 2.26. The Morgan fingerprint density at radius 2 is 1.75 bits per heavy atom. The number of rotatable bonds is 8. The molecule has 0 aliphatic carbocycles. The van der Waals surface area contributed by atoms with Crippen molar-refractivity contribution in [2.24, 2.45) is 5.92 Å². The van der Waals surface area contributed by atoms with Crippen LogP contribution in [-0.2, 0) is 6.42 Å². The molecule has 0 aromatic heterocycles. The number of hydrogen-bond donors (Lipinski definition) is 0. The highest BCUT2D eigenvalue weighted by Gasteiger charge is 2.31. The van der Waals surface area contributed by atoms with Gasteiger partial charge in [0.15, 0.2) is 0 Å². The second-order valence-corrected chi connectivity index (χ2v) is 10.6. The molecule has 24 heavy (non-hydrogen) atoms. The molecule has 0 bridgehead atoms. The lowest BCUT2D eigenvalue weighted by Crippen LogP contribution is -2.21. The number of benzene rings is 1. The van der Waals surface area contributed by atoms with E-state index in [2.05, 4.69) is 11.7 Å². The largest absolute Gasteiger partial charge is 0.573 e. The van der Waals surface area contributed by atoms with Crippen molar-refractivity contribution < 1.29 is 17.9 Å². The highest BCUT2D eigenvalue weighted by molar-refractivity contribution is 6.58. The van der Waals surface area contributed by atoms with Gasteiger partial charge in [-0.15, -0.1) is 13.2 Å². The van der Waals surface area contributed by atoms with Crippen LogP contribution in [0.4, 0.5) is 13.2 Å². The average molecular weight is 359 g/mol. The van der Waals surface area contributed by atoms with Gasteiger partial charge in [-0.25, -0.2) is 0 Å². The molecule has 2 rings (SSSR count). The molecular weight excluding hydrogens is 329 g/mol. The molecule has 0 radical (unpaired) electrons. The summed E-state index contributed by atoms with van der Waals surface area (Å²) >= 11 is 0. The van der Waals surface area contributed by atoms with Crippen LogP contribution in [0.2, 0.25) is 18.1 Å². The highest BCUT2D eigenvalue weighted by Crippen LogP contribution is 2.31. The Hall–Kier alpha value is -0.973. The first-order valence-corrected chi connectivity index (χ1v) is 11.8. The predicted octanol–water partition coefficient (Wildman–Crippen LogP) is 6.35. The minimum absolute atomic E-state index is 0.134. The molecule has 1 aromatic rings. The van der Waals surface area contributed by atoms with E-state index in [9.17, 15) is 13.2 Å². The maximum absolute atomic E-state index is 12.1. The Labute approximate surface area is 145 Å². The van der Waals surface area contributed by atoms with Gasteiger partial charge in [0.05, 0.1) is 0 Å². The lowest BCUT2D eigenvalue weighted by Gasteiger charge is -2.27. The van der Waals surface area contributed by atoms with Crippen molar-refractivity contribution in [3.05, 3.63) is 29.8 Å². The molecule has 0 N–H and O–H groups in total. The van der Waals surface area contributed by atoms with Gasteiger partial charge < -0.3 is 4.74 Å². The number of alkyl halides is 3. The fourth-order valence-corrected chi connectivity index (χ4v) is 7.34. The maximum atomic E-state index is 12.1. The number of hydrogen-bond acceptors (Lipinski definition) is 1. The van der Waals surface area contributed by atoms with Crippen LogP contribution in [0, 0.1) is 5.92 Å². The molecule has 1 saturated heterocycles. The van der Waals surface area contributed by atoms with Crippen LogP contribution in [0.5, 0.6) is 5.75 Å². The Balaban J connectivity index is 1.67. The lowest BCUT2D eigenvalue weighted by molar-refractivity contribution is -0.274. The van der Waals surface area contributed by atoms with Gasteiger partial charge in [0.1, 0.15) is 5.75 Å². The zero-order chi connectivity index (χ0) is 17.4. The van der Waals surface area contributed by atoms with E-state index in [1.165, 1.54) is 62.4 Å². The summed E-state index contributed by atoms with van der Waals surface area (Å²) in [5.41, 5.74) is 1.10. The first-order chi connectivity index (χ1) is 11.5. The van der Waals surface area contributed by atoms with Crippen LogP contribution in [0.1, 0.15) is 51.0 Å². The molecule has 136 valence electrons. The molecule has 0 amide bonds. The van der Waals surface area contributed by atoms with Crippen LogP contribution in [0.25, 0.3) is 0 Å². The second kappa shape index (κ2) is 9.49. The van der Waals surface area contributed by atoms with Gasteiger partial charge >= 0.3 is 6.36 Å². The fourth-order valence-electron chi connectivity index (χ4n) is 3.72. The Kier molecular flexibility index (Phi) is 7.66. The summed E-state index contributed by atoms with van der Waals surface area (Å²) in [6, 6.07) is 10.9. The van der Waals surface area contributed by atoms with Gasteiger partial charge in [0, 0.05) is 8.80 Å². The molecular formula is C19H29F3OSi. The molecule has 1 fully saturated rings. The van der Waals surface area contributed by atoms with Crippen molar-refractivity contribution in [1.82, 2.24) is 0 Å². The molecule has 5 heteroatoms. The van der Waals surface area contributed by atoms with Crippen molar-refractivity contribution in [1.29, 1.82) is 0 Å². The zero-order valence-corrected chi connectivity index (χ0v) is 15.7. The van der Waals surface area contributed by atoms with E-state index < -0.39 is 15.2 Å². The van der Waals surface area contributed by atoms with Crippen LogP contribution in [0.3, 0.4) is 0 Å². The molecule has 1 nitrogen and oxygen atoms in total. The van der Waals surface area contributed by atoms with E-state index in [4.69, 9.17) is 0 Å². The van der Waals surface area contributed by atoms with E-state index in [1.54, 1.807) is 12.1 Å². The molecule has 0 unspecified atom stereocenters. The third-order valence-corrected chi connectivity index (χ3v) is 8.70. The fraction of sp³-hybridized carbons (Fsp3) is 0.684. The molecule has 1 heterocycles. The topological polar surface area (TPSA) is 9.23 Å². The van der Waals surface area contributed by atoms with E-state index in [1.807, 2.05) is 0 Å². The van der Waals surface area contributed by atoms with Gasteiger partial charge in [0.25, 0.3) is 0 Å². The Bertz CT molecular complexity index is 464. The third-order valence-electron chi connectivity index (χ3n) is 5.18. The van der Waals surface area contributed by atoms with Gasteiger partial charge in [-0.3, -0.25) is 0 Å². The third kappa shape index (κ3) is 7.28. The van der Waals surface area contributed by atoms with E-state index in [0.717, 1.165) is 24.3 Å². The van der Waals surface area contributed by atoms with Crippen LogP contribution in [-0.4, -0.2) is 15.2 Å². The van der Waals surface area contributed by atoms with E-state index in [-0.39, 0.29) is 5.75 Å². The van der Waals surface area contributed by atoms with E-state index >= 15 is 0 Å². The number of ether oxygens (including phenoxy) is 1. The maximum Gasteiger partial charge on any atom is 0.573 e. The van der Waals surface area contributed by atoms with Crippen molar-refractivity contribution in [3.63, 3.8) is 0 Å². The van der Waals surface area contributed by atoms with Crippen molar-refractivity contribution in [2.45, 2.75) is 76.4 Å². The van der Waals surface area contributed by atoms with Gasteiger partial charge in [-0.05, 0) is 36.5 Å². The van der Waals surface area contributed by atoms with Gasteiger partial charge in [0.2, 0.25) is 0 Å². The van der Waals surface area contributed by atoms with Crippen molar-refractivity contribution in [3.8, 4) is 5.75 Å². The number of unbranched alkanes of at least 4 members (excludes halogenated alkanes) is 2. The molecule has 0 saturated carbocycles. The normalized spacial score (nSPS) is 21.7. The summed E-state index contributed by atoms with van der Waals surface area (Å²) in [5.74, 6) is 0.677. The second-order valence-electron chi connectivity index (χ2n) is 7.11. The summed E-state index contributed by atoms with van der Waals surface area (Å²) in [7, 11) is -0.446. The Morgan fingerprint density at radius 3 is 2.33 bits per heavy atom. The summed E-state index contributed by atoms with van der Waals surface area (Å²) in [6.07, 6.45) is 4.40. The monoisotopic (exact) mass is 358 g/mol. The molecule has 0 spiro atoms. The quantitative estimate of drug-likeness (QED) is 0.389. The van der Waals surface area contributed by atoms with Gasteiger partial charge in [-0.1, -0.05) is 69.3 Å². The summed E-state index contributed by atoms with van der Waals surface area (Å²) in [4.78, 5) is 0. The summed E-state index contributed by atoms with van der Waals surface area (Å²) < 4.78 is 40.3. The molecule has 1 aromatic carbocycles. The number of aryl methyl sites for hydroxylation is 1. The molecule has 0 atom stereocenters. The Morgan fingerprint density at radius 1 is 1.08 bits per heavy atom. The van der Waals surface area contributed by atoms with Crippen LogP contribution in [0.15, 0.2) is 24.3 Å². The standard InChI is InChI=1S/C19H29F3OSi/c1-2-3-4-13-24-14-11-17(12-15-24)6-5-16-7-9-18(10-8-16)23-19(20,21)22/h7-10,17,24H,2-6,11-15H2,1H3. The predicted molar refractivity (Wildman–Crippen MR) is 95.3 cm³/mol. The molecule has 1 aliphatic rings. The summed E-state index contributed by atoms with van der Waals surface area (Å²) in [5, 5.41) is 0. The zero-order valence-electron chi connectivity index (χ0n) is 14.6. The SMILES string of the molecule is CCCCC[SiH]1CCC(CCc2ccc(OC(F)(F)F)cc2)CC1. The first kappa shape index (κ1) is 19.4. The number of halogens is 3. The average Bonchev–Trinajstić information content (AvgIpc) is 2.54. The van der Waals surface area contributed by atoms with Gasteiger partial charge in [-0.2, -0.15) is 0 Å².